The molecule has 0 aliphatic heterocycles. The Morgan fingerprint density at radius 1 is 0.739 bits per heavy atom. The Balaban J connectivity index is 1.84. The zero-order valence-corrected chi connectivity index (χ0v) is 14.3. The highest BCUT2D eigenvalue weighted by molar-refractivity contribution is 8.00. The second kappa shape index (κ2) is 7.12. The molecule has 0 bridgehead atoms. The van der Waals surface area contributed by atoms with Crippen LogP contribution in [0.4, 0.5) is 11.4 Å². The van der Waals surface area contributed by atoms with Gasteiger partial charge in [-0.3, -0.25) is 0 Å². The first-order chi connectivity index (χ1) is 11.1. The lowest BCUT2D eigenvalue weighted by atomic mass is 10.3. The molecule has 116 valence electrons. The van der Waals surface area contributed by atoms with Crippen molar-refractivity contribution in [3.8, 4) is 0 Å². The van der Waals surface area contributed by atoms with E-state index in [-0.39, 0.29) is 5.28 Å². The minimum absolute atomic E-state index is 0.213. The maximum atomic E-state index is 6.05. The van der Waals surface area contributed by atoms with Gasteiger partial charge in [0.05, 0.1) is 0 Å². The lowest BCUT2D eigenvalue weighted by molar-refractivity contribution is 0.964. The van der Waals surface area contributed by atoms with E-state index in [4.69, 9.17) is 23.1 Å². The van der Waals surface area contributed by atoms with E-state index in [1.54, 1.807) is 0 Å². The maximum Gasteiger partial charge on any atom is 0.224 e. The number of rotatable bonds is 4. The molecule has 7 heteroatoms. The van der Waals surface area contributed by atoms with Crippen molar-refractivity contribution in [1.29, 1.82) is 0 Å². The number of anilines is 2. The second-order valence-corrected chi connectivity index (χ2v) is 7.19. The monoisotopic (exact) mass is 360 g/mol. The third-order valence-electron chi connectivity index (χ3n) is 2.81. The van der Waals surface area contributed by atoms with Crippen molar-refractivity contribution < 1.29 is 0 Å². The summed E-state index contributed by atoms with van der Waals surface area (Å²) in [5.74, 6) is 0. The molecule has 3 aromatic rings. The molecule has 0 aliphatic carbocycles. The fourth-order valence-corrected chi connectivity index (χ4v) is 4.01. The summed E-state index contributed by atoms with van der Waals surface area (Å²) in [5.41, 5.74) is 13.0. The Kier molecular flexibility index (Phi) is 4.95. The third-order valence-corrected chi connectivity index (χ3v) is 4.80. The summed E-state index contributed by atoms with van der Waals surface area (Å²) in [5, 5.41) is 1.74. The van der Waals surface area contributed by atoms with Gasteiger partial charge in [0.15, 0.2) is 0 Å². The average molecular weight is 361 g/mol. The standard InChI is InChI=1S/C16H13ClN4S2/c17-16-20-14(22-12-5-1-3-10(18)7-12)9-15(21-16)23-13-6-2-4-11(19)8-13/h1-9H,18-19H2. The first-order valence-electron chi connectivity index (χ1n) is 6.70. The van der Waals surface area contributed by atoms with E-state index in [9.17, 15) is 0 Å². The van der Waals surface area contributed by atoms with Gasteiger partial charge in [0.1, 0.15) is 10.1 Å². The average Bonchev–Trinajstić information content (AvgIpc) is 2.46. The molecule has 2 aromatic carbocycles. The second-order valence-electron chi connectivity index (χ2n) is 4.66. The summed E-state index contributed by atoms with van der Waals surface area (Å²) in [6.45, 7) is 0. The van der Waals surface area contributed by atoms with Gasteiger partial charge in [0.25, 0.3) is 0 Å². The Hall–Kier alpha value is -1.89. The van der Waals surface area contributed by atoms with Crippen molar-refractivity contribution in [3.05, 3.63) is 59.9 Å². The fraction of sp³-hybridized carbons (Fsp3) is 0. The van der Waals surface area contributed by atoms with Crippen molar-refractivity contribution in [1.82, 2.24) is 9.97 Å². The molecule has 3 rings (SSSR count). The van der Waals surface area contributed by atoms with Crippen LogP contribution in [-0.2, 0) is 0 Å². The Morgan fingerprint density at radius 2 is 1.22 bits per heavy atom. The van der Waals surface area contributed by atoms with Gasteiger partial charge < -0.3 is 11.5 Å². The molecule has 0 spiro atoms. The normalized spacial score (nSPS) is 10.7. The summed E-state index contributed by atoms with van der Waals surface area (Å²) >= 11 is 9.03. The highest BCUT2D eigenvalue weighted by Crippen LogP contribution is 2.33. The minimum atomic E-state index is 0.213. The van der Waals surface area contributed by atoms with E-state index in [0.29, 0.717) is 11.4 Å². The number of benzene rings is 2. The SMILES string of the molecule is Nc1cccc(Sc2cc(Sc3cccc(N)c3)nc(Cl)n2)c1. The van der Waals surface area contributed by atoms with Crippen molar-refractivity contribution in [3.63, 3.8) is 0 Å². The molecular weight excluding hydrogens is 348 g/mol. The van der Waals surface area contributed by atoms with Crippen molar-refractivity contribution in [2.24, 2.45) is 0 Å². The predicted molar refractivity (Wildman–Crippen MR) is 97.0 cm³/mol. The van der Waals surface area contributed by atoms with Crippen LogP contribution < -0.4 is 11.5 Å². The first-order valence-corrected chi connectivity index (χ1v) is 8.71. The number of nitrogens with zero attached hydrogens (tertiary/aromatic N) is 2. The topological polar surface area (TPSA) is 77.8 Å². The maximum absolute atomic E-state index is 6.05. The predicted octanol–water partition coefficient (Wildman–Crippen LogP) is 4.60. The largest absolute Gasteiger partial charge is 0.399 e. The van der Waals surface area contributed by atoms with Crippen molar-refractivity contribution >= 4 is 46.5 Å². The number of hydrogen-bond acceptors (Lipinski definition) is 6. The molecule has 0 aliphatic rings. The van der Waals surface area contributed by atoms with Crippen LogP contribution in [0, 0.1) is 0 Å². The Labute approximate surface area is 147 Å². The molecule has 0 fully saturated rings. The molecule has 0 atom stereocenters. The lowest BCUT2D eigenvalue weighted by Crippen LogP contribution is -1.90. The zero-order chi connectivity index (χ0) is 16.2. The van der Waals surface area contributed by atoms with E-state index < -0.39 is 0 Å². The van der Waals surface area contributed by atoms with Crippen LogP contribution in [-0.4, -0.2) is 9.97 Å². The van der Waals surface area contributed by atoms with Gasteiger partial charge in [-0.1, -0.05) is 35.7 Å². The number of nitrogens with two attached hydrogens (primary N) is 2. The van der Waals surface area contributed by atoms with Crippen LogP contribution in [0.5, 0.6) is 0 Å². The molecule has 23 heavy (non-hydrogen) atoms. The highest BCUT2D eigenvalue weighted by Gasteiger charge is 2.07. The molecule has 4 nitrogen and oxygen atoms in total. The van der Waals surface area contributed by atoms with E-state index in [1.165, 1.54) is 23.5 Å². The van der Waals surface area contributed by atoms with Crippen LogP contribution in [0.15, 0.2) is 74.4 Å². The zero-order valence-electron chi connectivity index (χ0n) is 11.9. The number of halogens is 1. The molecular formula is C16H13ClN4S2. The summed E-state index contributed by atoms with van der Waals surface area (Å²) < 4.78 is 0. The number of hydrogen-bond donors (Lipinski definition) is 2. The molecule has 1 aromatic heterocycles. The molecule has 0 saturated carbocycles. The van der Waals surface area contributed by atoms with Gasteiger partial charge in [-0.2, -0.15) is 0 Å². The highest BCUT2D eigenvalue weighted by atomic mass is 35.5. The van der Waals surface area contributed by atoms with Crippen molar-refractivity contribution in [2.75, 3.05) is 11.5 Å². The Morgan fingerprint density at radius 3 is 1.65 bits per heavy atom. The van der Waals surface area contributed by atoms with Crippen LogP contribution in [0.25, 0.3) is 0 Å². The summed E-state index contributed by atoms with van der Waals surface area (Å²) in [4.78, 5) is 10.5. The quantitative estimate of drug-likeness (QED) is 0.402. The van der Waals surface area contributed by atoms with E-state index in [0.717, 1.165) is 19.8 Å². The van der Waals surface area contributed by atoms with Crippen molar-refractivity contribution in [2.45, 2.75) is 19.8 Å². The van der Waals surface area contributed by atoms with Crippen LogP contribution in [0.1, 0.15) is 0 Å². The van der Waals surface area contributed by atoms with Gasteiger partial charge in [0.2, 0.25) is 5.28 Å². The van der Waals surface area contributed by atoms with E-state index in [2.05, 4.69) is 9.97 Å². The Bertz CT molecular complexity index is 776. The molecule has 0 saturated heterocycles. The van der Waals surface area contributed by atoms with Crippen LogP contribution >= 0.6 is 35.1 Å². The van der Waals surface area contributed by atoms with Gasteiger partial charge in [0, 0.05) is 27.2 Å². The minimum Gasteiger partial charge on any atom is -0.399 e. The first kappa shape index (κ1) is 16.0. The number of aromatic nitrogens is 2. The molecule has 0 amide bonds. The van der Waals surface area contributed by atoms with Crippen LogP contribution in [0.3, 0.4) is 0 Å². The molecule has 0 unspecified atom stereocenters. The van der Waals surface area contributed by atoms with Gasteiger partial charge in [-0.25, -0.2) is 9.97 Å². The van der Waals surface area contributed by atoms with Crippen LogP contribution in [0.2, 0.25) is 5.28 Å². The van der Waals surface area contributed by atoms with Gasteiger partial charge in [-0.15, -0.1) is 0 Å². The summed E-state index contributed by atoms with van der Waals surface area (Å²) in [7, 11) is 0. The van der Waals surface area contributed by atoms with E-state index >= 15 is 0 Å². The van der Waals surface area contributed by atoms with E-state index in [1.807, 2.05) is 54.6 Å². The molecule has 0 radical (unpaired) electrons. The lowest BCUT2D eigenvalue weighted by Gasteiger charge is -2.06. The summed E-state index contributed by atoms with van der Waals surface area (Å²) in [6.07, 6.45) is 0. The van der Waals surface area contributed by atoms with Gasteiger partial charge >= 0.3 is 0 Å². The third kappa shape index (κ3) is 4.54. The molecule has 4 N–H and O–H groups in total. The van der Waals surface area contributed by atoms with Gasteiger partial charge in [-0.05, 0) is 48.0 Å². The smallest absolute Gasteiger partial charge is 0.224 e. The fourth-order valence-electron chi connectivity index (χ4n) is 1.88. The number of nitrogen functional groups attached to an aromatic ring is 2. The summed E-state index contributed by atoms with van der Waals surface area (Å²) in [6, 6.07) is 17.1. The molecule has 1 heterocycles.